The Kier molecular flexibility index (Phi) is 5.60. The molecule has 1 aromatic rings. The number of primary amides is 1. The smallest absolute Gasteiger partial charge is 0.255 e. The minimum absolute atomic E-state index is 0.00171. The zero-order chi connectivity index (χ0) is 16.9. The van der Waals surface area contributed by atoms with Crippen LogP contribution in [-0.4, -0.2) is 24.0 Å². The fraction of sp³-hybridized carbons (Fsp3) is 0.529. The van der Waals surface area contributed by atoms with Crippen LogP contribution >= 0.6 is 0 Å². The van der Waals surface area contributed by atoms with Crippen LogP contribution in [-0.2, 0) is 16.1 Å². The van der Waals surface area contributed by atoms with Crippen LogP contribution in [0.2, 0.25) is 0 Å². The average Bonchev–Trinajstić information content (AvgIpc) is 2.50. The molecule has 2 amide bonds. The van der Waals surface area contributed by atoms with Gasteiger partial charge in [0.25, 0.3) is 5.91 Å². The zero-order valence-electron chi connectivity index (χ0n) is 13.5. The van der Waals surface area contributed by atoms with Gasteiger partial charge < -0.3 is 21.5 Å². The quantitative estimate of drug-likeness (QED) is 0.729. The van der Waals surface area contributed by atoms with E-state index in [-0.39, 0.29) is 18.4 Å². The number of carbonyl (C=O) groups excluding carboxylic acids is 2. The Bertz CT molecular complexity index is 572. The third-order valence-electron chi connectivity index (χ3n) is 4.32. The van der Waals surface area contributed by atoms with Crippen molar-refractivity contribution in [2.45, 2.75) is 44.7 Å². The summed E-state index contributed by atoms with van der Waals surface area (Å²) in [6.07, 6.45) is 3.83. The van der Waals surface area contributed by atoms with Crippen molar-refractivity contribution in [3.63, 3.8) is 0 Å². The monoisotopic (exact) mass is 319 g/mol. The number of hydrogen-bond donors (Lipinski definition) is 3. The Morgan fingerprint density at radius 3 is 2.87 bits per heavy atom. The summed E-state index contributed by atoms with van der Waals surface area (Å²) >= 11 is 0. The molecule has 1 aliphatic carbocycles. The summed E-state index contributed by atoms with van der Waals surface area (Å²) < 4.78 is 5.26. The molecule has 1 fully saturated rings. The Morgan fingerprint density at radius 2 is 2.17 bits per heavy atom. The highest BCUT2D eigenvalue weighted by Gasteiger charge is 2.37. The van der Waals surface area contributed by atoms with E-state index in [9.17, 15) is 9.59 Å². The van der Waals surface area contributed by atoms with Crippen LogP contribution in [0.4, 0.5) is 0 Å². The number of rotatable bonds is 6. The van der Waals surface area contributed by atoms with E-state index in [1.807, 2.05) is 19.1 Å². The predicted octanol–water partition coefficient (Wildman–Crippen LogP) is 1.07. The van der Waals surface area contributed by atoms with Crippen LogP contribution in [0.1, 0.15) is 38.2 Å². The van der Waals surface area contributed by atoms with Crippen molar-refractivity contribution in [2.75, 3.05) is 6.61 Å². The minimum atomic E-state index is -0.525. The molecule has 5 N–H and O–H groups in total. The third kappa shape index (κ3) is 4.96. The first-order valence-corrected chi connectivity index (χ1v) is 7.95. The molecule has 0 aromatic heterocycles. The maximum absolute atomic E-state index is 12.4. The predicted molar refractivity (Wildman–Crippen MR) is 87.5 cm³/mol. The van der Waals surface area contributed by atoms with Crippen molar-refractivity contribution in [1.82, 2.24) is 5.32 Å². The molecule has 126 valence electrons. The molecule has 6 nitrogen and oxygen atoms in total. The van der Waals surface area contributed by atoms with Gasteiger partial charge in [0.1, 0.15) is 5.75 Å². The molecule has 2 atom stereocenters. The van der Waals surface area contributed by atoms with E-state index in [0.29, 0.717) is 12.3 Å². The molecular formula is C17H25N3O3. The van der Waals surface area contributed by atoms with Crippen LogP contribution in [0, 0.1) is 5.92 Å². The number of hydrogen-bond acceptors (Lipinski definition) is 4. The largest absolute Gasteiger partial charge is 0.484 e. The second-order valence-corrected chi connectivity index (χ2v) is 6.42. The van der Waals surface area contributed by atoms with Crippen molar-refractivity contribution < 1.29 is 14.3 Å². The molecule has 2 unspecified atom stereocenters. The average molecular weight is 319 g/mol. The Labute approximate surface area is 136 Å². The summed E-state index contributed by atoms with van der Waals surface area (Å²) in [5.41, 5.74) is 11.8. The van der Waals surface area contributed by atoms with Gasteiger partial charge in [0.05, 0.1) is 5.92 Å². The highest BCUT2D eigenvalue weighted by atomic mass is 16.5. The van der Waals surface area contributed by atoms with Gasteiger partial charge in [-0.25, -0.2) is 0 Å². The minimum Gasteiger partial charge on any atom is -0.484 e. The molecule has 6 heteroatoms. The topological polar surface area (TPSA) is 107 Å². The fourth-order valence-corrected chi connectivity index (χ4v) is 3.00. The molecule has 0 saturated heterocycles. The van der Waals surface area contributed by atoms with Gasteiger partial charge in [0.2, 0.25) is 5.91 Å². The summed E-state index contributed by atoms with van der Waals surface area (Å²) in [7, 11) is 0. The summed E-state index contributed by atoms with van der Waals surface area (Å²) in [5, 5.41) is 2.95. The van der Waals surface area contributed by atoms with Crippen LogP contribution in [0.5, 0.6) is 5.75 Å². The van der Waals surface area contributed by atoms with E-state index >= 15 is 0 Å². The van der Waals surface area contributed by atoms with Gasteiger partial charge in [-0.2, -0.15) is 0 Å². The maximum atomic E-state index is 12.4. The van der Waals surface area contributed by atoms with Gasteiger partial charge in [-0.1, -0.05) is 25.0 Å². The first-order valence-electron chi connectivity index (χ1n) is 7.95. The van der Waals surface area contributed by atoms with Gasteiger partial charge in [-0.05, 0) is 37.5 Å². The lowest BCUT2D eigenvalue weighted by Gasteiger charge is -2.37. The molecule has 2 rings (SSSR count). The normalized spacial score (nSPS) is 24.0. The van der Waals surface area contributed by atoms with Crippen LogP contribution < -0.4 is 21.5 Å². The van der Waals surface area contributed by atoms with Crippen LogP contribution in [0.3, 0.4) is 0 Å². The van der Waals surface area contributed by atoms with E-state index in [1.54, 1.807) is 12.1 Å². The molecule has 1 aliphatic rings. The lowest BCUT2D eigenvalue weighted by atomic mass is 9.74. The molecule has 1 saturated carbocycles. The van der Waals surface area contributed by atoms with Crippen molar-refractivity contribution in [3.8, 4) is 5.75 Å². The Hall–Kier alpha value is -2.08. The molecule has 0 radical (unpaired) electrons. The lowest BCUT2D eigenvalue weighted by molar-refractivity contribution is -0.128. The molecule has 0 spiro atoms. The number of amides is 2. The number of carbonyl (C=O) groups is 2. The van der Waals surface area contributed by atoms with E-state index in [2.05, 4.69) is 5.32 Å². The molecule has 23 heavy (non-hydrogen) atoms. The number of nitrogens with one attached hydrogen (secondary N) is 1. The third-order valence-corrected chi connectivity index (χ3v) is 4.32. The van der Waals surface area contributed by atoms with Crippen molar-refractivity contribution in [3.05, 3.63) is 29.8 Å². The first-order chi connectivity index (χ1) is 10.9. The number of benzene rings is 1. The van der Waals surface area contributed by atoms with E-state index in [0.717, 1.165) is 31.2 Å². The van der Waals surface area contributed by atoms with E-state index in [4.69, 9.17) is 16.2 Å². The van der Waals surface area contributed by atoms with E-state index in [1.165, 1.54) is 0 Å². The number of ether oxygens (including phenoxy) is 1. The Morgan fingerprint density at radius 1 is 1.39 bits per heavy atom. The van der Waals surface area contributed by atoms with Gasteiger partial charge in [0.15, 0.2) is 6.61 Å². The van der Waals surface area contributed by atoms with Crippen molar-refractivity contribution >= 4 is 11.8 Å². The Balaban J connectivity index is 1.91. The molecule has 0 aliphatic heterocycles. The highest BCUT2D eigenvalue weighted by Crippen LogP contribution is 2.31. The second kappa shape index (κ2) is 7.46. The van der Waals surface area contributed by atoms with Gasteiger partial charge in [0, 0.05) is 12.1 Å². The van der Waals surface area contributed by atoms with Crippen LogP contribution in [0.15, 0.2) is 24.3 Å². The van der Waals surface area contributed by atoms with Gasteiger partial charge >= 0.3 is 0 Å². The lowest BCUT2D eigenvalue weighted by Crippen LogP contribution is -2.52. The van der Waals surface area contributed by atoms with E-state index < -0.39 is 11.4 Å². The van der Waals surface area contributed by atoms with Gasteiger partial charge in [-0.3, -0.25) is 9.59 Å². The summed E-state index contributed by atoms with van der Waals surface area (Å²) in [6, 6.07) is 7.23. The highest BCUT2D eigenvalue weighted by molar-refractivity contribution is 5.80. The fourth-order valence-electron chi connectivity index (χ4n) is 3.00. The standard InChI is InChI=1S/C17H25N3O3/c1-17(19)8-3-2-7-14(17)16(22)20-10-12-5-4-6-13(9-12)23-11-15(18)21/h4-6,9,14H,2-3,7-8,10-11,19H2,1H3,(H2,18,21)(H,20,22). The number of nitrogens with two attached hydrogens (primary N) is 2. The maximum Gasteiger partial charge on any atom is 0.255 e. The zero-order valence-corrected chi connectivity index (χ0v) is 13.5. The molecule has 1 aromatic carbocycles. The molecule has 0 bridgehead atoms. The summed E-state index contributed by atoms with van der Waals surface area (Å²) in [6.45, 7) is 2.19. The van der Waals surface area contributed by atoms with Gasteiger partial charge in [-0.15, -0.1) is 0 Å². The molecular weight excluding hydrogens is 294 g/mol. The SMILES string of the molecule is CC1(N)CCCCC1C(=O)NCc1cccc(OCC(N)=O)c1. The van der Waals surface area contributed by atoms with Crippen molar-refractivity contribution in [2.24, 2.45) is 17.4 Å². The summed E-state index contributed by atoms with van der Waals surface area (Å²) in [4.78, 5) is 23.1. The summed E-state index contributed by atoms with van der Waals surface area (Å²) in [5.74, 6) is -0.121. The van der Waals surface area contributed by atoms with Crippen LogP contribution in [0.25, 0.3) is 0 Å². The second-order valence-electron chi connectivity index (χ2n) is 6.42. The van der Waals surface area contributed by atoms with Crippen molar-refractivity contribution in [1.29, 1.82) is 0 Å². The first kappa shape index (κ1) is 17.3. The molecule has 0 heterocycles.